The van der Waals surface area contributed by atoms with E-state index < -0.39 is 6.09 Å². The van der Waals surface area contributed by atoms with Crippen molar-refractivity contribution >= 4 is 29.0 Å². The maximum Gasteiger partial charge on any atom is 0.407 e. The summed E-state index contributed by atoms with van der Waals surface area (Å²) in [6, 6.07) is 17.6. The van der Waals surface area contributed by atoms with Crippen LogP contribution in [-0.4, -0.2) is 58.8 Å². The summed E-state index contributed by atoms with van der Waals surface area (Å²) in [5.41, 5.74) is 4.33. The quantitative estimate of drug-likeness (QED) is 0.406. The highest BCUT2D eigenvalue weighted by molar-refractivity contribution is 6.32. The number of fused-ring (bicyclic) bond motifs is 1. The van der Waals surface area contributed by atoms with Crippen LogP contribution >= 0.6 is 11.6 Å². The number of pyridine rings is 1. The fraction of sp³-hybridized carbons (Fsp3) is 0.231. The standard InChI is InChI=1S/C26H25ClN4O4/c1-34-24-15-23(35-17-18-5-3-2-4-6-18)20(14-21(24)27)22-16-31-8-7-19(13-25(31)28-22)29-9-11-30(12-10-29)26(32)33/h2-8,13-16H,9-12,17H2,1H3,(H,32,33). The SMILES string of the molecule is COc1cc(OCc2ccccc2)c(-c2cn3ccc(N4CCN(C(=O)O)CC4)cc3n2)cc1Cl. The summed E-state index contributed by atoms with van der Waals surface area (Å²) in [5.74, 6) is 1.16. The lowest BCUT2D eigenvalue weighted by Crippen LogP contribution is -2.48. The normalized spacial score (nSPS) is 13.8. The first kappa shape index (κ1) is 22.9. The predicted molar refractivity (Wildman–Crippen MR) is 135 cm³/mol. The molecule has 0 spiro atoms. The van der Waals surface area contributed by atoms with Crippen LogP contribution in [0.5, 0.6) is 11.5 Å². The number of hydrogen-bond donors (Lipinski definition) is 1. The number of halogens is 1. The largest absolute Gasteiger partial charge is 0.495 e. The van der Waals surface area contributed by atoms with Gasteiger partial charge in [0, 0.05) is 62.0 Å². The molecule has 1 saturated heterocycles. The molecule has 1 fully saturated rings. The zero-order chi connectivity index (χ0) is 24.4. The van der Waals surface area contributed by atoms with Crippen LogP contribution in [0.4, 0.5) is 10.5 Å². The van der Waals surface area contributed by atoms with Gasteiger partial charge in [0.1, 0.15) is 23.8 Å². The van der Waals surface area contributed by atoms with Gasteiger partial charge >= 0.3 is 6.09 Å². The highest BCUT2D eigenvalue weighted by Crippen LogP contribution is 2.39. The minimum atomic E-state index is -0.874. The lowest BCUT2D eigenvalue weighted by Gasteiger charge is -2.34. The van der Waals surface area contributed by atoms with Gasteiger partial charge in [-0.2, -0.15) is 0 Å². The van der Waals surface area contributed by atoms with Crippen molar-refractivity contribution in [2.45, 2.75) is 6.61 Å². The topological polar surface area (TPSA) is 79.5 Å². The Labute approximate surface area is 207 Å². The molecule has 180 valence electrons. The van der Waals surface area contributed by atoms with Crippen molar-refractivity contribution in [2.75, 3.05) is 38.2 Å². The van der Waals surface area contributed by atoms with Crippen molar-refractivity contribution in [2.24, 2.45) is 0 Å². The molecule has 8 nitrogen and oxygen atoms in total. The van der Waals surface area contributed by atoms with Gasteiger partial charge in [0.2, 0.25) is 0 Å². The number of anilines is 1. The van der Waals surface area contributed by atoms with Crippen LogP contribution < -0.4 is 14.4 Å². The molecule has 0 radical (unpaired) electrons. The summed E-state index contributed by atoms with van der Waals surface area (Å²) < 4.78 is 13.5. The van der Waals surface area contributed by atoms with E-state index in [1.807, 2.05) is 65.3 Å². The molecule has 0 atom stereocenters. The van der Waals surface area contributed by atoms with Gasteiger partial charge in [0.15, 0.2) is 0 Å². The zero-order valence-corrected chi connectivity index (χ0v) is 20.0. The molecular formula is C26H25ClN4O4. The van der Waals surface area contributed by atoms with E-state index in [1.54, 1.807) is 13.2 Å². The molecule has 5 rings (SSSR count). The Balaban J connectivity index is 1.44. The fourth-order valence-corrected chi connectivity index (χ4v) is 4.44. The number of rotatable bonds is 6. The average Bonchev–Trinajstić information content (AvgIpc) is 3.31. The van der Waals surface area contributed by atoms with E-state index in [0.717, 1.165) is 28.2 Å². The molecule has 1 aliphatic rings. The molecule has 9 heteroatoms. The average molecular weight is 493 g/mol. The van der Waals surface area contributed by atoms with Crippen molar-refractivity contribution in [3.8, 4) is 22.8 Å². The van der Waals surface area contributed by atoms with Gasteiger partial charge in [-0.05, 0) is 17.7 Å². The van der Waals surface area contributed by atoms with E-state index in [9.17, 15) is 9.90 Å². The third-order valence-corrected chi connectivity index (χ3v) is 6.42. The van der Waals surface area contributed by atoms with Crippen molar-refractivity contribution in [3.05, 3.63) is 77.6 Å². The van der Waals surface area contributed by atoms with Gasteiger partial charge in [-0.15, -0.1) is 0 Å². The highest BCUT2D eigenvalue weighted by Gasteiger charge is 2.21. The van der Waals surface area contributed by atoms with Crippen LogP contribution in [0.2, 0.25) is 5.02 Å². The molecule has 35 heavy (non-hydrogen) atoms. The first-order valence-electron chi connectivity index (χ1n) is 11.3. The number of benzene rings is 2. The fourth-order valence-electron chi connectivity index (χ4n) is 4.20. The number of aromatic nitrogens is 2. The first-order chi connectivity index (χ1) is 17.0. The van der Waals surface area contributed by atoms with Crippen molar-refractivity contribution in [3.63, 3.8) is 0 Å². The summed E-state index contributed by atoms with van der Waals surface area (Å²) >= 11 is 6.46. The third kappa shape index (κ3) is 4.83. The molecule has 0 aliphatic carbocycles. The molecule has 0 bridgehead atoms. The van der Waals surface area contributed by atoms with Gasteiger partial charge < -0.3 is 28.8 Å². The van der Waals surface area contributed by atoms with E-state index in [4.69, 9.17) is 26.1 Å². The molecule has 1 amide bonds. The van der Waals surface area contributed by atoms with Crippen molar-refractivity contribution in [1.29, 1.82) is 0 Å². The van der Waals surface area contributed by atoms with Crippen LogP contribution in [0, 0.1) is 0 Å². The number of amides is 1. The minimum Gasteiger partial charge on any atom is -0.495 e. The molecule has 1 N–H and O–H groups in total. The molecule has 4 aromatic rings. The molecule has 2 aromatic carbocycles. The Morgan fingerprint density at radius 1 is 1.06 bits per heavy atom. The van der Waals surface area contributed by atoms with E-state index in [-0.39, 0.29) is 0 Å². The Morgan fingerprint density at radius 2 is 1.83 bits per heavy atom. The van der Waals surface area contributed by atoms with E-state index in [1.165, 1.54) is 4.90 Å². The van der Waals surface area contributed by atoms with Crippen LogP contribution in [0.25, 0.3) is 16.9 Å². The number of imidazole rings is 1. The van der Waals surface area contributed by atoms with Crippen molar-refractivity contribution in [1.82, 2.24) is 14.3 Å². The van der Waals surface area contributed by atoms with Crippen LogP contribution in [-0.2, 0) is 6.61 Å². The summed E-state index contributed by atoms with van der Waals surface area (Å²) in [4.78, 5) is 19.7. The number of carboxylic acid groups (broad SMARTS) is 1. The van der Waals surface area contributed by atoms with Crippen LogP contribution in [0.3, 0.4) is 0 Å². The second-order valence-electron chi connectivity index (χ2n) is 8.29. The first-order valence-corrected chi connectivity index (χ1v) is 11.7. The number of methoxy groups -OCH3 is 1. The third-order valence-electron chi connectivity index (χ3n) is 6.13. The van der Waals surface area contributed by atoms with E-state index in [0.29, 0.717) is 49.3 Å². The van der Waals surface area contributed by atoms with Gasteiger partial charge in [-0.3, -0.25) is 0 Å². The van der Waals surface area contributed by atoms with E-state index in [2.05, 4.69) is 4.90 Å². The number of hydrogen-bond acceptors (Lipinski definition) is 5. The Kier molecular flexibility index (Phi) is 6.37. The molecule has 3 heterocycles. The lowest BCUT2D eigenvalue weighted by molar-refractivity contribution is 0.142. The molecule has 0 saturated carbocycles. The minimum absolute atomic E-state index is 0.401. The molecule has 2 aromatic heterocycles. The lowest BCUT2D eigenvalue weighted by atomic mass is 10.1. The molecule has 1 aliphatic heterocycles. The van der Waals surface area contributed by atoms with Gasteiger partial charge in [-0.1, -0.05) is 41.9 Å². The van der Waals surface area contributed by atoms with E-state index >= 15 is 0 Å². The van der Waals surface area contributed by atoms with Gasteiger partial charge in [0.25, 0.3) is 0 Å². The summed E-state index contributed by atoms with van der Waals surface area (Å²) in [6.45, 7) is 2.64. The van der Waals surface area contributed by atoms with Crippen molar-refractivity contribution < 1.29 is 19.4 Å². The second kappa shape index (κ2) is 9.76. The maximum atomic E-state index is 11.2. The van der Waals surface area contributed by atoms with Gasteiger partial charge in [0.05, 0.1) is 17.8 Å². The monoisotopic (exact) mass is 492 g/mol. The Bertz CT molecular complexity index is 1350. The Hall–Kier alpha value is -3.91. The van der Waals surface area contributed by atoms with Crippen LogP contribution in [0.1, 0.15) is 5.56 Å². The number of carbonyl (C=O) groups is 1. The molecule has 0 unspecified atom stereocenters. The smallest absolute Gasteiger partial charge is 0.407 e. The summed E-state index contributed by atoms with van der Waals surface area (Å²) in [5, 5.41) is 9.67. The zero-order valence-electron chi connectivity index (χ0n) is 19.2. The number of nitrogens with zero attached hydrogens (tertiary/aromatic N) is 4. The van der Waals surface area contributed by atoms with Crippen LogP contribution in [0.15, 0.2) is 67.0 Å². The maximum absolute atomic E-state index is 11.2. The second-order valence-corrected chi connectivity index (χ2v) is 8.70. The predicted octanol–water partition coefficient (Wildman–Crippen LogP) is 5.04. The number of ether oxygens (including phenoxy) is 2. The highest BCUT2D eigenvalue weighted by atomic mass is 35.5. The molecular weight excluding hydrogens is 468 g/mol. The Morgan fingerprint density at radius 3 is 2.54 bits per heavy atom. The summed E-state index contributed by atoms with van der Waals surface area (Å²) in [6.07, 6.45) is 3.02. The summed E-state index contributed by atoms with van der Waals surface area (Å²) in [7, 11) is 1.57. The number of piperazine rings is 1. The van der Waals surface area contributed by atoms with Gasteiger partial charge in [-0.25, -0.2) is 9.78 Å².